The third kappa shape index (κ3) is 2.90. The number of amides is 1. The van der Waals surface area contributed by atoms with Crippen molar-refractivity contribution >= 4 is 11.9 Å². The zero-order valence-corrected chi connectivity index (χ0v) is 18.5. The number of carbonyl (C=O) groups is 2. The second-order valence-electron chi connectivity index (χ2n) is 9.71. The van der Waals surface area contributed by atoms with E-state index < -0.39 is 17.9 Å². The van der Waals surface area contributed by atoms with Gasteiger partial charge in [0.25, 0.3) is 0 Å². The van der Waals surface area contributed by atoms with E-state index in [0.717, 1.165) is 43.4 Å². The molecule has 0 aromatic heterocycles. The molecule has 2 aliphatic carbocycles. The molecule has 4 aliphatic rings. The van der Waals surface area contributed by atoms with Crippen molar-refractivity contribution < 1.29 is 29.3 Å². The van der Waals surface area contributed by atoms with Crippen molar-refractivity contribution in [1.29, 1.82) is 0 Å². The van der Waals surface area contributed by atoms with Crippen molar-refractivity contribution in [3.8, 4) is 17.2 Å². The standard InChI is InChI=1S/C23H31N3O6/c1-26-8-7-23-12-3-4-13(25-14(22(29)30)5-6-18(24)28)21(23)32-20-16(27)10-17(31-2)11(19(20)23)9-15(12)26/h10,12-15,21,25,27H,3-9H2,1-2H3,(H2,24,28)(H,29,30)/t12-,13+,14-,15+,21-,23-/m0/s1. The third-order valence-electron chi connectivity index (χ3n) is 8.30. The molecular formula is C23H31N3O6. The summed E-state index contributed by atoms with van der Waals surface area (Å²) in [6.45, 7) is 0.911. The highest BCUT2D eigenvalue weighted by atomic mass is 16.5. The maximum Gasteiger partial charge on any atom is 0.320 e. The Morgan fingerprint density at radius 2 is 2.22 bits per heavy atom. The van der Waals surface area contributed by atoms with E-state index in [9.17, 15) is 19.8 Å². The minimum atomic E-state index is -1.00. The number of hydrogen-bond acceptors (Lipinski definition) is 7. The molecule has 2 fully saturated rings. The molecule has 9 nitrogen and oxygen atoms in total. The second-order valence-corrected chi connectivity index (χ2v) is 9.71. The number of nitrogens with zero attached hydrogens (tertiary/aromatic N) is 1. The fourth-order valence-electron chi connectivity index (χ4n) is 6.97. The van der Waals surface area contributed by atoms with Crippen LogP contribution in [0, 0.1) is 5.92 Å². The Kier molecular flexibility index (Phi) is 5.01. The van der Waals surface area contributed by atoms with Gasteiger partial charge in [-0.25, -0.2) is 0 Å². The number of aliphatic carboxylic acids is 1. The normalized spacial score (nSPS) is 33.2. The minimum absolute atomic E-state index is 0.00517. The SMILES string of the molecule is COc1cc(O)c2c3c1C[C@@H]1[C@@H]4CC[C@@H](N[C@@H](CCC(N)=O)C(=O)O)[C@H](O2)[C@]34CCN1C. The number of aromatic hydroxyl groups is 1. The summed E-state index contributed by atoms with van der Waals surface area (Å²) in [6, 6.07) is 0.875. The quantitative estimate of drug-likeness (QED) is 0.483. The predicted molar refractivity (Wildman–Crippen MR) is 115 cm³/mol. The topological polar surface area (TPSA) is 134 Å². The fraction of sp³-hybridized carbons (Fsp3) is 0.652. The van der Waals surface area contributed by atoms with Crippen LogP contribution in [0.25, 0.3) is 0 Å². The van der Waals surface area contributed by atoms with Crippen LogP contribution in [-0.4, -0.2) is 71.9 Å². The van der Waals surface area contributed by atoms with Crippen molar-refractivity contribution in [1.82, 2.24) is 10.2 Å². The Bertz CT molecular complexity index is 968. The van der Waals surface area contributed by atoms with Gasteiger partial charge in [-0.15, -0.1) is 0 Å². The minimum Gasteiger partial charge on any atom is -0.504 e. The lowest BCUT2D eigenvalue weighted by Crippen LogP contribution is -2.68. The number of likely N-dealkylation sites (tertiary alicyclic amines) is 1. The Morgan fingerprint density at radius 3 is 2.91 bits per heavy atom. The molecule has 1 aromatic carbocycles. The molecule has 5 N–H and O–H groups in total. The number of carboxylic acids is 1. The third-order valence-corrected chi connectivity index (χ3v) is 8.30. The number of nitrogens with one attached hydrogen (secondary N) is 1. The van der Waals surface area contributed by atoms with Crippen LogP contribution < -0.4 is 20.5 Å². The molecule has 2 heterocycles. The Morgan fingerprint density at radius 1 is 1.44 bits per heavy atom. The smallest absolute Gasteiger partial charge is 0.320 e. The molecule has 2 bridgehead atoms. The highest BCUT2D eigenvalue weighted by Gasteiger charge is 2.66. The van der Waals surface area contributed by atoms with Gasteiger partial charge in [0.1, 0.15) is 17.9 Å². The zero-order valence-electron chi connectivity index (χ0n) is 18.5. The van der Waals surface area contributed by atoms with Gasteiger partial charge in [-0.1, -0.05) is 0 Å². The first kappa shape index (κ1) is 21.3. The summed E-state index contributed by atoms with van der Waals surface area (Å²) in [6.07, 6.45) is 3.27. The molecule has 9 heteroatoms. The molecule has 1 saturated carbocycles. The summed E-state index contributed by atoms with van der Waals surface area (Å²) in [4.78, 5) is 25.6. The van der Waals surface area contributed by atoms with Gasteiger partial charge >= 0.3 is 5.97 Å². The van der Waals surface area contributed by atoms with Crippen LogP contribution in [0.15, 0.2) is 6.07 Å². The number of carbonyl (C=O) groups excluding carboxylic acids is 1. The number of nitrogens with two attached hydrogens (primary N) is 1. The zero-order chi connectivity index (χ0) is 22.8. The van der Waals surface area contributed by atoms with Crippen LogP contribution >= 0.6 is 0 Å². The summed E-state index contributed by atoms with van der Waals surface area (Å²) in [5.41, 5.74) is 7.11. The molecule has 0 radical (unpaired) electrons. The molecule has 0 unspecified atom stereocenters. The summed E-state index contributed by atoms with van der Waals surface area (Å²) >= 11 is 0. The lowest BCUT2D eigenvalue weighted by molar-refractivity contribution is -0.140. The maximum atomic E-state index is 11.9. The molecular weight excluding hydrogens is 414 g/mol. The van der Waals surface area contributed by atoms with Crippen LogP contribution in [0.3, 0.4) is 0 Å². The van der Waals surface area contributed by atoms with Gasteiger partial charge in [-0.05, 0) is 51.6 Å². The number of hydrogen-bond donors (Lipinski definition) is 4. The highest BCUT2D eigenvalue weighted by Crippen LogP contribution is 2.65. The van der Waals surface area contributed by atoms with E-state index in [1.807, 2.05) is 0 Å². The number of ether oxygens (including phenoxy) is 2. The van der Waals surface area contributed by atoms with Crippen LogP contribution in [0.4, 0.5) is 0 Å². The summed E-state index contributed by atoms with van der Waals surface area (Å²) < 4.78 is 12.1. The van der Waals surface area contributed by atoms with Crippen LogP contribution in [-0.2, 0) is 21.4 Å². The largest absolute Gasteiger partial charge is 0.504 e. The molecule has 5 rings (SSSR count). The van der Waals surface area contributed by atoms with Crippen LogP contribution in [0.1, 0.15) is 43.2 Å². The predicted octanol–water partition coefficient (Wildman–Crippen LogP) is 0.747. The van der Waals surface area contributed by atoms with Gasteiger partial charge in [0.2, 0.25) is 5.91 Å². The molecule has 1 saturated heterocycles. The van der Waals surface area contributed by atoms with Crippen molar-refractivity contribution in [3.63, 3.8) is 0 Å². The number of rotatable bonds is 7. The highest BCUT2D eigenvalue weighted by molar-refractivity contribution is 5.77. The van der Waals surface area contributed by atoms with Crippen molar-refractivity contribution in [3.05, 3.63) is 17.2 Å². The van der Waals surface area contributed by atoms with Crippen molar-refractivity contribution in [2.45, 2.75) is 68.2 Å². The van der Waals surface area contributed by atoms with E-state index in [1.54, 1.807) is 13.2 Å². The number of carboxylic acid groups (broad SMARTS) is 1. The number of phenols is 1. The van der Waals surface area contributed by atoms with Gasteiger partial charge in [0.15, 0.2) is 11.5 Å². The van der Waals surface area contributed by atoms with Crippen LogP contribution in [0.5, 0.6) is 17.2 Å². The average Bonchev–Trinajstić information content (AvgIpc) is 3.10. The van der Waals surface area contributed by atoms with Crippen molar-refractivity contribution in [2.24, 2.45) is 11.7 Å². The van der Waals surface area contributed by atoms with Gasteiger partial charge < -0.3 is 30.3 Å². The molecule has 32 heavy (non-hydrogen) atoms. The van der Waals surface area contributed by atoms with Crippen molar-refractivity contribution in [2.75, 3.05) is 20.7 Å². The van der Waals surface area contributed by atoms with E-state index in [0.29, 0.717) is 23.5 Å². The molecule has 1 spiro atoms. The molecule has 174 valence electrons. The average molecular weight is 446 g/mol. The molecule has 1 amide bonds. The number of primary amides is 1. The number of piperidine rings is 1. The van der Waals surface area contributed by atoms with E-state index >= 15 is 0 Å². The van der Waals surface area contributed by atoms with Crippen LogP contribution in [0.2, 0.25) is 0 Å². The van der Waals surface area contributed by atoms with E-state index in [2.05, 4.69) is 17.3 Å². The lowest BCUT2D eigenvalue weighted by Gasteiger charge is -2.59. The maximum absolute atomic E-state index is 11.9. The first-order valence-electron chi connectivity index (χ1n) is 11.3. The summed E-state index contributed by atoms with van der Waals surface area (Å²) in [5.74, 6) is 0.120. The molecule has 6 atom stereocenters. The Hall–Kier alpha value is -2.52. The first-order valence-corrected chi connectivity index (χ1v) is 11.3. The lowest BCUT2D eigenvalue weighted by atomic mass is 9.51. The Labute approximate surface area is 186 Å². The monoisotopic (exact) mass is 445 g/mol. The number of likely N-dealkylation sites (N-methyl/N-ethyl adjacent to an activating group) is 1. The second kappa shape index (κ2) is 7.52. The van der Waals surface area contributed by atoms with Gasteiger partial charge in [-0.3, -0.25) is 14.9 Å². The van der Waals surface area contributed by atoms with E-state index in [1.165, 1.54) is 0 Å². The van der Waals surface area contributed by atoms with Gasteiger partial charge in [-0.2, -0.15) is 0 Å². The van der Waals surface area contributed by atoms with Gasteiger partial charge in [0.05, 0.1) is 7.11 Å². The van der Waals surface area contributed by atoms with E-state index in [4.69, 9.17) is 15.2 Å². The van der Waals surface area contributed by atoms with Gasteiger partial charge in [0, 0.05) is 41.1 Å². The van der Waals surface area contributed by atoms with E-state index in [-0.39, 0.29) is 36.2 Å². The fourth-order valence-corrected chi connectivity index (χ4v) is 6.97. The molecule has 2 aliphatic heterocycles. The Balaban J connectivity index is 1.56. The summed E-state index contributed by atoms with van der Waals surface area (Å²) in [5, 5.41) is 23.8. The summed E-state index contributed by atoms with van der Waals surface area (Å²) in [7, 11) is 3.78. The number of methoxy groups -OCH3 is 1. The molecule has 1 aromatic rings. The number of benzene rings is 1. The first-order chi connectivity index (χ1) is 15.3. The number of phenolic OH excluding ortho intramolecular Hbond substituents is 1.